The van der Waals surface area contributed by atoms with Crippen molar-refractivity contribution < 1.29 is 63.1 Å². The molecule has 0 unspecified atom stereocenters. The molecule has 0 amide bonds. The molecule has 0 radical (unpaired) electrons. The second-order valence-corrected chi connectivity index (χ2v) is 17.4. The molecule has 318 valence electrons. The smallest absolute Gasteiger partial charge is 0.186 e. The maximum atomic E-state index is 15.0. The van der Waals surface area contributed by atoms with Crippen LogP contribution in [-0.2, 0) is 41.2 Å². The number of halogens is 8. The molecule has 0 aliphatic carbocycles. The summed E-state index contributed by atoms with van der Waals surface area (Å²) in [7, 11) is -3.89. The topological polar surface area (TPSA) is 55.4 Å². The minimum atomic E-state index is -2.61. The van der Waals surface area contributed by atoms with Gasteiger partial charge in [0, 0.05) is 52.6 Å². The lowest BCUT2D eigenvalue weighted by atomic mass is 9.99. The number of methoxy groups -OCH3 is 1. The third-order valence-corrected chi connectivity index (χ3v) is 13.1. The molecule has 1 saturated heterocycles. The van der Waals surface area contributed by atoms with Gasteiger partial charge in [0.25, 0.3) is 0 Å². The molecule has 6 aromatic rings. The van der Waals surface area contributed by atoms with Crippen molar-refractivity contribution in [1.82, 2.24) is 0 Å². The summed E-state index contributed by atoms with van der Waals surface area (Å²) in [6, 6.07) is 27.9. The van der Waals surface area contributed by atoms with E-state index in [0.717, 1.165) is 54.1 Å². The van der Waals surface area contributed by atoms with Gasteiger partial charge in [-0.15, -0.1) is 0 Å². The molecule has 0 bridgehead atoms. The van der Waals surface area contributed by atoms with E-state index in [9.17, 15) is 35.1 Å². The van der Waals surface area contributed by atoms with Crippen LogP contribution in [0.4, 0.5) is 35.1 Å². The molecule has 1 aliphatic rings. The van der Waals surface area contributed by atoms with Crippen LogP contribution in [0.15, 0.2) is 133 Å². The van der Waals surface area contributed by atoms with Crippen molar-refractivity contribution >= 4 is 37.5 Å². The molecule has 1 heterocycles. The highest BCUT2D eigenvalue weighted by Crippen LogP contribution is 2.47. The highest BCUT2D eigenvalue weighted by Gasteiger charge is 2.51. The number of rotatable bonds is 16. The molecular formula is C45H36F8O6P2. The second kappa shape index (κ2) is 20.5. The fourth-order valence-corrected chi connectivity index (χ4v) is 10.7. The Bertz CT molecular complexity index is 2220. The van der Waals surface area contributed by atoms with Crippen molar-refractivity contribution in [1.29, 1.82) is 0 Å². The Morgan fingerprint density at radius 1 is 0.459 bits per heavy atom. The normalized spacial score (nSPS) is 19.2. The molecule has 6 aromatic carbocycles. The SMILES string of the molecule is CO[C@H]1O[C@H](COCc2ccccc2)[C@@H](OP(c2cc(F)cc(F)c2)c2cc(F)cc(F)c2)[C@H](OP(c2cc(F)cc(F)c2)c2cc(F)cc(F)c2)[C@@H]1OCc1ccccc1. The van der Waals surface area contributed by atoms with Gasteiger partial charge in [0.05, 0.1) is 36.1 Å². The molecule has 6 nitrogen and oxygen atoms in total. The Morgan fingerprint density at radius 2 is 0.820 bits per heavy atom. The Balaban J connectivity index is 1.40. The van der Waals surface area contributed by atoms with Gasteiger partial charge in [0.1, 0.15) is 71.0 Å². The predicted octanol–water partition coefficient (Wildman–Crippen LogP) is 9.14. The van der Waals surface area contributed by atoms with Gasteiger partial charge >= 0.3 is 0 Å². The predicted molar refractivity (Wildman–Crippen MR) is 214 cm³/mol. The first-order valence-corrected chi connectivity index (χ1v) is 21.2. The van der Waals surface area contributed by atoms with Gasteiger partial charge in [-0.2, -0.15) is 0 Å². The molecule has 5 atom stereocenters. The third kappa shape index (κ3) is 11.7. The van der Waals surface area contributed by atoms with Crippen molar-refractivity contribution in [3.05, 3.63) is 191 Å². The zero-order valence-corrected chi connectivity index (χ0v) is 33.9. The van der Waals surface area contributed by atoms with Crippen LogP contribution in [0.3, 0.4) is 0 Å². The monoisotopic (exact) mass is 886 g/mol. The summed E-state index contributed by atoms with van der Waals surface area (Å²) in [5.41, 5.74) is 1.45. The van der Waals surface area contributed by atoms with Crippen molar-refractivity contribution in [3.8, 4) is 0 Å². The van der Waals surface area contributed by atoms with Crippen LogP contribution in [0, 0.1) is 46.5 Å². The Labute approximate surface area is 348 Å². The zero-order chi connectivity index (χ0) is 43.0. The van der Waals surface area contributed by atoms with Gasteiger partial charge in [-0.1, -0.05) is 60.7 Å². The summed E-state index contributed by atoms with van der Waals surface area (Å²) in [6.07, 6.45) is -6.92. The molecule has 0 N–H and O–H groups in total. The third-order valence-electron chi connectivity index (χ3n) is 9.28. The first kappa shape index (κ1) is 44.4. The van der Waals surface area contributed by atoms with Crippen molar-refractivity contribution in [2.45, 2.75) is 43.9 Å². The summed E-state index contributed by atoms with van der Waals surface area (Å²) in [6.45, 7) is -0.331. The second-order valence-electron chi connectivity index (χ2n) is 13.8. The summed E-state index contributed by atoms with van der Waals surface area (Å²) in [5.74, 6) is -8.17. The van der Waals surface area contributed by atoms with Crippen LogP contribution in [0.1, 0.15) is 11.1 Å². The van der Waals surface area contributed by atoms with Crippen LogP contribution < -0.4 is 21.2 Å². The first-order chi connectivity index (χ1) is 29.4. The van der Waals surface area contributed by atoms with Gasteiger partial charge < -0.3 is 28.0 Å². The molecule has 0 spiro atoms. The molecular weight excluding hydrogens is 850 g/mol. The average Bonchev–Trinajstić information content (AvgIpc) is 3.21. The maximum Gasteiger partial charge on any atom is 0.186 e. The van der Waals surface area contributed by atoms with E-state index in [1.807, 2.05) is 18.2 Å². The van der Waals surface area contributed by atoms with Gasteiger partial charge in [-0.05, 0) is 59.7 Å². The van der Waals surface area contributed by atoms with Crippen molar-refractivity contribution in [2.24, 2.45) is 0 Å². The molecule has 0 saturated carbocycles. The maximum absolute atomic E-state index is 15.0. The highest BCUT2D eigenvalue weighted by atomic mass is 31.1. The van der Waals surface area contributed by atoms with Gasteiger partial charge in [-0.25, -0.2) is 35.1 Å². The van der Waals surface area contributed by atoms with Gasteiger partial charge in [0.15, 0.2) is 6.29 Å². The van der Waals surface area contributed by atoms with Crippen LogP contribution in [-0.4, -0.2) is 44.4 Å². The number of hydrogen-bond acceptors (Lipinski definition) is 6. The van der Waals surface area contributed by atoms with E-state index in [0.29, 0.717) is 29.8 Å². The Kier molecular flexibility index (Phi) is 14.9. The number of benzene rings is 6. The van der Waals surface area contributed by atoms with Crippen molar-refractivity contribution in [2.75, 3.05) is 13.7 Å². The number of hydrogen-bond donors (Lipinski definition) is 0. The fourth-order valence-electron chi connectivity index (χ4n) is 6.67. The minimum absolute atomic E-state index is 0.0569. The van der Waals surface area contributed by atoms with Crippen LogP contribution >= 0.6 is 16.3 Å². The highest BCUT2D eigenvalue weighted by molar-refractivity contribution is 7.69. The van der Waals surface area contributed by atoms with Crippen LogP contribution in [0.5, 0.6) is 0 Å². The molecule has 7 rings (SSSR count). The summed E-state index contributed by atoms with van der Waals surface area (Å²) in [4.78, 5) is 0. The molecule has 1 fully saturated rings. The largest absolute Gasteiger partial charge is 0.374 e. The Hall–Kier alpha value is -4.62. The van der Waals surface area contributed by atoms with Crippen LogP contribution in [0.2, 0.25) is 0 Å². The Morgan fingerprint density at radius 3 is 1.20 bits per heavy atom. The summed E-state index contributed by atoms with van der Waals surface area (Å²) < 4.78 is 158. The average molecular weight is 887 g/mol. The number of ether oxygens (including phenoxy) is 4. The molecule has 16 heteroatoms. The van der Waals surface area contributed by atoms with E-state index >= 15 is 0 Å². The summed E-state index contributed by atoms with van der Waals surface area (Å²) in [5, 5.41) is -0.621. The van der Waals surface area contributed by atoms with Gasteiger partial charge in [-0.3, -0.25) is 0 Å². The molecule has 0 aromatic heterocycles. The van der Waals surface area contributed by atoms with E-state index in [1.165, 1.54) is 7.11 Å². The standard InChI is InChI=1S/C45H36F8O6P2/c1-54-45-44(56-25-28-10-6-3-7-11-28)43(59-61(39-20-33(50)14-34(51)21-39)40-22-35(52)15-36(53)23-40)42(41(57-45)26-55-24-27-8-4-2-5-9-27)58-60(37-16-29(46)12-30(47)17-37)38-18-31(48)13-32(49)19-38/h2-23,41-45H,24-26H2,1H3/t41-,42-,43+,44+,45+/m1/s1. The zero-order valence-electron chi connectivity index (χ0n) is 32.1. The lowest BCUT2D eigenvalue weighted by molar-refractivity contribution is -0.298. The summed E-state index contributed by atoms with van der Waals surface area (Å²) >= 11 is 0. The van der Waals surface area contributed by atoms with Crippen molar-refractivity contribution in [3.63, 3.8) is 0 Å². The molecule has 61 heavy (non-hydrogen) atoms. The first-order valence-electron chi connectivity index (χ1n) is 18.7. The quantitative estimate of drug-likeness (QED) is 0.0715. The lowest BCUT2D eigenvalue weighted by Crippen LogP contribution is -2.61. The van der Waals surface area contributed by atoms with E-state index in [1.54, 1.807) is 42.5 Å². The van der Waals surface area contributed by atoms with Crippen LogP contribution in [0.25, 0.3) is 0 Å². The van der Waals surface area contributed by atoms with E-state index in [4.69, 9.17) is 28.0 Å². The van der Waals surface area contributed by atoms with Gasteiger partial charge in [0.2, 0.25) is 0 Å². The van der Waals surface area contributed by atoms with E-state index in [-0.39, 0.29) is 41.0 Å². The minimum Gasteiger partial charge on any atom is -0.374 e. The fraction of sp³-hybridized carbons (Fsp3) is 0.200. The molecule has 1 aliphatic heterocycles. The lowest BCUT2D eigenvalue weighted by Gasteiger charge is -2.47. The van der Waals surface area contributed by atoms with E-state index in [2.05, 4.69) is 0 Å². The van der Waals surface area contributed by atoms with E-state index < -0.39 is 93.5 Å².